The number of fused-ring (bicyclic) bond motifs is 1. The SMILES string of the molecule is CC(C)COCCCNC(=NCC(C)Cn1cccn1)Nc1ccc2c(c1)OCCCO2.I. The Balaban J connectivity index is 0.00000385. The lowest BCUT2D eigenvalue weighted by atomic mass is 10.2. The van der Waals surface area contributed by atoms with E-state index in [1.165, 1.54) is 0 Å². The Kier molecular flexibility index (Phi) is 12.4. The Labute approximate surface area is 214 Å². The first-order valence-corrected chi connectivity index (χ1v) is 11.6. The Morgan fingerprint density at radius 1 is 1.21 bits per heavy atom. The molecule has 0 saturated heterocycles. The van der Waals surface area contributed by atoms with E-state index in [-0.39, 0.29) is 24.0 Å². The minimum absolute atomic E-state index is 0. The second-order valence-electron chi connectivity index (χ2n) is 8.61. The third-order valence-corrected chi connectivity index (χ3v) is 4.84. The van der Waals surface area contributed by atoms with Gasteiger partial charge in [-0.15, -0.1) is 24.0 Å². The highest BCUT2D eigenvalue weighted by Crippen LogP contribution is 2.32. The van der Waals surface area contributed by atoms with Crippen molar-refractivity contribution in [2.75, 3.05) is 44.8 Å². The maximum atomic E-state index is 5.82. The number of benzene rings is 1. The molecule has 1 unspecified atom stereocenters. The molecular weight excluding hydrogens is 533 g/mol. The molecule has 2 aromatic rings. The van der Waals surface area contributed by atoms with Crippen LogP contribution in [-0.4, -0.2) is 55.3 Å². The van der Waals surface area contributed by atoms with Gasteiger partial charge >= 0.3 is 0 Å². The van der Waals surface area contributed by atoms with Crippen molar-refractivity contribution in [1.82, 2.24) is 15.1 Å². The molecule has 3 rings (SSSR count). The number of nitrogens with zero attached hydrogens (tertiary/aromatic N) is 3. The fourth-order valence-corrected chi connectivity index (χ4v) is 3.25. The van der Waals surface area contributed by atoms with Crippen molar-refractivity contribution in [3.8, 4) is 11.5 Å². The normalized spacial score (nSPS) is 14.4. The first-order valence-electron chi connectivity index (χ1n) is 11.6. The van der Waals surface area contributed by atoms with Gasteiger partial charge in [-0.1, -0.05) is 20.8 Å². The summed E-state index contributed by atoms with van der Waals surface area (Å²) in [5.74, 6) is 3.20. The molecule has 0 amide bonds. The molecule has 8 nitrogen and oxygen atoms in total. The van der Waals surface area contributed by atoms with Gasteiger partial charge in [-0.3, -0.25) is 9.67 Å². The molecule has 0 aliphatic carbocycles. The molecule has 1 aromatic carbocycles. The number of anilines is 1. The predicted molar refractivity (Wildman–Crippen MR) is 143 cm³/mol. The number of aromatic nitrogens is 2. The van der Waals surface area contributed by atoms with Gasteiger partial charge in [-0.25, -0.2) is 0 Å². The number of halogens is 1. The van der Waals surface area contributed by atoms with Crippen LogP contribution in [0.1, 0.15) is 33.6 Å². The Bertz CT molecular complexity index is 830. The first kappa shape index (κ1) is 27.2. The summed E-state index contributed by atoms with van der Waals surface area (Å²) in [5.41, 5.74) is 0.913. The van der Waals surface area contributed by atoms with E-state index >= 15 is 0 Å². The Morgan fingerprint density at radius 2 is 2.03 bits per heavy atom. The smallest absolute Gasteiger partial charge is 0.195 e. The van der Waals surface area contributed by atoms with E-state index in [4.69, 9.17) is 19.2 Å². The zero-order valence-corrected chi connectivity index (χ0v) is 22.3. The molecule has 0 bridgehead atoms. The van der Waals surface area contributed by atoms with Crippen LogP contribution in [0.2, 0.25) is 0 Å². The highest BCUT2D eigenvalue weighted by Gasteiger charge is 2.12. The molecule has 0 fully saturated rings. The predicted octanol–water partition coefficient (Wildman–Crippen LogP) is 4.42. The molecule has 1 aliphatic heterocycles. The van der Waals surface area contributed by atoms with Crippen LogP contribution in [0.5, 0.6) is 11.5 Å². The van der Waals surface area contributed by atoms with E-state index in [0.717, 1.165) is 62.3 Å². The largest absolute Gasteiger partial charge is 0.490 e. The van der Waals surface area contributed by atoms with Crippen LogP contribution in [-0.2, 0) is 11.3 Å². The van der Waals surface area contributed by atoms with Gasteiger partial charge in [0.25, 0.3) is 0 Å². The fraction of sp³-hybridized carbons (Fsp3) is 0.583. The molecule has 2 heterocycles. The third kappa shape index (κ3) is 10.2. The van der Waals surface area contributed by atoms with Gasteiger partial charge in [0.2, 0.25) is 0 Å². The summed E-state index contributed by atoms with van der Waals surface area (Å²) < 4.78 is 19.2. The van der Waals surface area contributed by atoms with E-state index in [2.05, 4.69) is 36.5 Å². The van der Waals surface area contributed by atoms with Gasteiger partial charge in [-0.2, -0.15) is 5.10 Å². The number of aliphatic imine (C=N–C) groups is 1. The maximum absolute atomic E-state index is 5.82. The van der Waals surface area contributed by atoms with Crippen LogP contribution in [0.3, 0.4) is 0 Å². The van der Waals surface area contributed by atoms with Crippen molar-refractivity contribution >= 4 is 35.6 Å². The zero-order chi connectivity index (χ0) is 22.6. The van der Waals surface area contributed by atoms with Crippen molar-refractivity contribution in [2.45, 2.75) is 40.2 Å². The Hall–Kier alpha value is -2.01. The molecule has 1 atom stereocenters. The van der Waals surface area contributed by atoms with E-state index in [1.807, 2.05) is 35.1 Å². The molecule has 0 spiro atoms. The molecule has 2 N–H and O–H groups in total. The van der Waals surface area contributed by atoms with Gasteiger partial charge in [0, 0.05) is 63.4 Å². The summed E-state index contributed by atoms with van der Waals surface area (Å²) in [6, 6.07) is 7.84. The summed E-state index contributed by atoms with van der Waals surface area (Å²) in [5, 5.41) is 11.1. The van der Waals surface area contributed by atoms with Gasteiger partial charge in [-0.05, 0) is 36.5 Å². The van der Waals surface area contributed by atoms with Crippen molar-refractivity contribution in [3.05, 3.63) is 36.7 Å². The van der Waals surface area contributed by atoms with Crippen molar-refractivity contribution in [2.24, 2.45) is 16.8 Å². The minimum Gasteiger partial charge on any atom is -0.490 e. The first-order chi connectivity index (χ1) is 15.6. The van der Waals surface area contributed by atoms with Crippen LogP contribution in [0, 0.1) is 11.8 Å². The van der Waals surface area contributed by atoms with Crippen LogP contribution >= 0.6 is 24.0 Å². The van der Waals surface area contributed by atoms with Crippen LogP contribution in [0.15, 0.2) is 41.7 Å². The number of nitrogens with one attached hydrogen (secondary N) is 2. The molecule has 184 valence electrons. The summed E-state index contributed by atoms with van der Waals surface area (Å²) in [4.78, 5) is 4.82. The summed E-state index contributed by atoms with van der Waals surface area (Å²) in [6.45, 7) is 11.7. The molecule has 1 aliphatic rings. The molecule has 9 heteroatoms. The topological polar surface area (TPSA) is 81.9 Å². The lowest BCUT2D eigenvalue weighted by Gasteiger charge is -2.16. The standard InChI is InChI=1S/C24H37N5O3.HI/c1-19(2)18-30-12-5-9-25-24(26-16-20(3)17-29-11-4-10-27-29)28-21-7-8-22-23(15-21)32-14-6-13-31-22;/h4,7-8,10-11,15,19-20H,5-6,9,12-14,16-18H2,1-3H3,(H2,25,26,28);1H. The van der Waals surface area contributed by atoms with Gasteiger partial charge in [0.1, 0.15) is 0 Å². The molecular formula is C24H38IN5O3. The lowest BCUT2D eigenvalue weighted by molar-refractivity contribution is 0.108. The molecule has 1 aromatic heterocycles. The number of hydrogen-bond acceptors (Lipinski definition) is 5. The average molecular weight is 572 g/mol. The molecule has 0 saturated carbocycles. The highest BCUT2D eigenvalue weighted by atomic mass is 127. The van der Waals surface area contributed by atoms with Crippen LogP contribution in [0.4, 0.5) is 5.69 Å². The second kappa shape index (κ2) is 15.0. The van der Waals surface area contributed by atoms with E-state index in [9.17, 15) is 0 Å². The number of hydrogen-bond donors (Lipinski definition) is 2. The van der Waals surface area contributed by atoms with Gasteiger partial charge in [0.05, 0.1) is 13.2 Å². The summed E-state index contributed by atoms with van der Waals surface area (Å²) in [6.07, 6.45) is 5.58. The van der Waals surface area contributed by atoms with Gasteiger partial charge in [0.15, 0.2) is 17.5 Å². The quantitative estimate of drug-likeness (QED) is 0.180. The average Bonchev–Trinajstić information content (AvgIpc) is 3.16. The Morgan fingerprint density at radius 3 is 2.79 bits per heavy atom. The number of rotatable bonds is 11. The summed E-state index contributed by atoms with van der Waals surface area (Å²) in [7, 11) is 0. The zero-order valence-electron chi connectivity index (χ0n) is 20.0. The molecule has 33 heavy (non-hydrogen) atoms. The summed E-state index contributed by atoms with van der Waals surface area (Å²) >= 11 is 0. The van der Waals surface area contributed by atoms with Crippen LogP contribution in [0.25, 0.3) is 0 Å². The minimum atomic E-state index is 0. The molecule has 0 radical (unpaired) electrons. The van der Waals surface area contributed by atoms with Crippen molar-refractivity contribution in [3.63, 3.8) is 0 Å². The van der Waals surface area contributed by atoms with Crippen LogP contribution < -0.4 is 20.1 Å². The fourth-order valence-electron chi connectivity index (χ4n) is 3.25. The third-order valence-electron chi connectivity index (χ3n) is 4.84. The number of ether oxygens (including phenoxy) is 3. The lowest BCUT2D eigenvalue weighted by Crippen LogP contribution is -2.33. The van der Waals surface area contributed by atoms with E-state index in [1.54, 1.807) is 6.20 Å². The van der Waals surface area contributed by atoms with Crippen molar-refractivity contribution in [1.29, 1.82) is 0 Å². The van der Waals surface area contributed by atoms with Crippen molar-refractivity contribution < 1.29 is 14.2 Å². The monoisotopic (exact) mass is 571 g/mol. The van der Waals surface area contributed by atoms with E-state index < -0.39 is 0 Å². The highest BCUT2D eigenvalue weighted by molar-refractivity contribution is 14.0. The second-order valence-corrected chi connectivity index (χ2v) is 8.61. The number of guanidine groups is 1. The maximum Gasteiger partial charge on any atom is 0.195 e. The van der Waals surface area contributed by atoms with E-state index in [0.29, 0.717) is 31.6 Å². The van der Waals surface area contributed by atoms with Gasteiger partial charge < -0.3 is 24.8 Å².